The Labute approximate surface area is 175 Å². The number of unbranched alkanes of at least 4 members (excludes halogenated alkanes) is 1. The molecule has 0 unspecified atom stereocenters. The summed E-state index contributed by atoms with van der Waals surface area (Å²) in [5, 5.41) is 4.62. The number of benzene rings is 2. The molecule has 0 bridgehead atoms. The average molecular weight is 399 g/mol. The van der Waals surface area contributed by atoms with E-state index in [9.17, 15) is 0 Å². The molecule has 0 radical (unpaired) electrons. The van der Waals surface area contributed by atoms with Crippen LogP contribution in [0.1, 0.15) is 70.4 Å². The Morgan fingerprint density at radius 1 is 1.00 bits per heavy atom. The fourth-order valence-electron chi connectivity index (χ4n) is 3.00. The maximum atomic E-state index is 6.16. The van der Waals surface area contributed by atoms with Crippen LogP contribution in [0.3, 0.4) is 0 Å². The molecule has 0 atom stereocenters. The Hall–Kier alpha value is -1.94. The molecule has 0 heterocycles. The van der Waals surface area contributed by atoms with Crippen molar-refractivity contribution in [2.75, 3.05) is 18.1 Å². The quantitative estimate of drug-likeness (QED) is 0.281. The monoisotopic (exact) mass is 398 g/mol. The largest absolute Gasteiger partial charge is 0.457 e. The van der Waals surface area contributed by atoms with E-state index in [0.717, 1.165) is 36.1 Å². The first-order chi connectivity index (χ1) is 13.5. The number of thioether (sulfide) groups is 1. The van der Waals surface area contributed by atoms with Crippen LogP contribution in [0.5, 0.6) is 11.5 Å². The van der Waals surface area contributed by atoms with Crippen molar-refractivity contribution >= 4 is 22.6 Å². The molecule has 28 heavy (non-hydrogen) atoms. The number of amidine groups is 1. The Balaban J connectivity index is 2.44. The molecule has 0 fully saturated rings. The van der Waals surface area contributed by atoms with Gasteiger partial charge in [-0.15, -0.1) is 0 Å². The lowest BCUT2D eigenvalue weighted by molar-refractivity contribution is 0.480. The predicted molar refractivity (Wildman–Crippen MR) is 125 cm³/mol. The number of aliphatic imine (C=N–C) groups is 1. The molecule has 0 spiro atoms. The molecular weight excluding hydrogens is 364 g/mol. The number of para-hydroxylation sites is 1. The predicted octanol–water partition coefficient (Wildman–Crippen LogP) is 7.66. The third-order valence-corrected chi connectivity index (χ3v) is 5.21. The molecule has 0 aliphatic carbocycles. The van der Waals surface area contributed by atoms with E-state index >= 15 is 0 Å². The molecule has 152 valence electrons. The van der Waals surface area contributed by atoms with Crippen LogP contribution in [0.2, 0.25) is 0 Å². The van der Waals surface area contributed by atoms with Gasteiger partial charge in [-0.1, -0.05) is 71.0 Å². The highest BCUT2D eigenvalue weighted by Crippen LogP contribution is 2.38. The van der Waals surface area contributed by atoms with Gasteiger partial charge < -0.3 is 10.1 Å². The molecule has 3 nitrogen and oxygen atoms in total. The van der Waals surface area contributed by atoms with Gasteiger partial charge in [-0.05, 0) is 59.9 Å². The molecule has 0 aliphatic heterocycles. The van der Waals surface area contributed by atoms with Crippen molar-refractivity contribution in [2.45, 2.75) is 59.3 Å². The van der Waals surface area contributed by atoms with E-state index in [4.69, 9.17) is 9.73 Å². The van der Waals surface area contributed by atoms with E-state index in [1.165, 1.54) is 16.8 Å². The maximum Gasteiger partial charge on any atom is 0.160 e. The topological polar surface area (TPSA) is 33.6 Å². The zero-order valence-corrected chi connectivity index (χ0v) is 18.9. The average Bonchev–Trinajstić information content (AvgIpc) is 2.68. The summed E-state index contributed by atoms with van der Waals surface area (Å²) in [5.74, 6) is 2.49. The first-order valence-corrected chi connectivity index (χ1v) is 11.4. The van der Waals surface area contributed by atoms with E-state index in [0.29, 0.717) is 11.8 Å². The van der Waals surface area contributed by atoms with Crippen LogP contribution in [-0.4, -0.2) is 18.0 Å². The summed E-state index contributed by atoms with van der Waals surface area (Å²) in [7, 11) is 0. The summed E-state index contributed by atoms with van der Waals surface area (Å²) in [6.45, 7) is 12.0. The molecule has 0 aromatic heterocycles. The van der Waals surface area contributed by atoms with Crippen molar-refractivity contribution in [1.82, 2.24) is 0 Å². The van der Waals surface area contributed by atoms with Gasteiger partial charge in [-0.2, -0.15) is 0 Å². The van der Waals surface area contributed by atoms with Gasteiger partial charge in [0.1, 0.15) is 11.5 Å². The van der Waals surface area contributed by atoms with Gasteiger partial charge in [-0.3, -0.25) is 4.99 Å². The Kier molecular flexibility index (Phi) is 8.91. The van der Waals surface area contributed by atoms with Crippen LogP contribution in [0.4, 0.5) is 5.69 Å². The molecule has 0 amide bonds. The number of nitrogens with zero attached hydrogens (tertiary/aromatic N) is 1. The Bertz CT molecular complexity index is 740. The number of ether oxygens (including phenoxy) is 1. The van der Waals surface area contributed by atoms with Crippen LogP contribution in [0.25, 0.3) is 0 Å². The van der Waals surface area contributed by atoms with Gasteiger partial charge in [0.25, 0.3) is 0 Å². The minimum Gasteiger partial charge on any atom is -0.457 e. The van der Waals surface area contributed by atoms with Crippen molar-refractivity contribution in [1.29, 1.82) is 0 Å². The first kappa shape index (κ1) is 22.4. The van der Waals surface area contributed by atoms with Crippen LogP contribution >= 0.6 is 11.8 Å². The van der Waals surface area contributed by atoms with Crippen molar-refractivity contribution in [3.8, 4) is 11.5 Å². The van der Waals surface area contributed by atoms with Crippen molar-refractivity contribution in [3.63, 3.8) is 0 Å². The Morgan fingerprint density at radius 3 is 2.11 bits per heavy atom. The minimum absolute atomic E-state index is 0.373. The van der Waals surface area contributed by atoms with Crippen LogP contribution < -0.4 is 10.1 Å². The second-order valence-corrected chi connectivity index (χ2v) is 8.37. The number of rotatable bonds is 8. The summed E-state index contributed by atoms with van der Waals surface area (Å²) in [6.07, 6.45) is 4.35. The van der Waals surface area contributed by atoms with Gasteiger partial charge in [-0.25, -0.2) is 0 Å². The van der Waals surface area contributed by atoms with Crippen LogP contribution in [-0.2, 0) is 0 Å². The number of hydrogen-bond donors (Lipinski definition) is 1. The highest BCUT2D eigenvalue weighted by molar-refractivity contribution is 8.13. The van der Waals surface area contributed by atoms with Gasteiger partial charge in [0, 0.05) is 12.2 Å². The summed E-state index contributed by atoms with van der Waals surface area (Å²) in [5.41, 5.74) is 3.69. The van der Waals surface area contributed by atoms with Crippen molar-refractivity contribution in [2.24, 2.45) is 4.99 Å². The van der Waals surface area contributed by atoms with Crippen molar-refractivity contribution < 1.29 is 4.74 Å². The fraction of sp³-hybridized carbons (Fsp3) is 0.458. The maximum absolute atomic E-state index is 6.16. The number of nitrogens with one attached hydrogen (secondary N) is 1. The molecule has 0 saturated carbocycles. The second-order valence-electron chi connectivity index (χ2n) is 7.57. The lowest BCUT2D eigenvalue weighted by Crippen LogP contribution is -2.13. The lowest BCUT2D eigenvalue weighted by Gasteiger charge is -2.23. The minimum atomic E-state index is 0.373. The third-order valence-electron chi connectivity index (χ3n) is 4.59. The van der Waals surface area contributed by atoms with E-state index in [-0.39, 0.29) is 0 Å². The second kappa shape index (κ2) is 11.2. The fourth-order valence-corrected chi connectivity index (χ4v) is 3.42. The molecule has 0 aliphatic rings. The summed E-state index contributed by atoms with van der Waals surface area (Å²) < 4.78 is 6.16. The van der Waals surface area contributed by atoms with Crippen LogP contribution in [0, 0.1) is 0 Å². The van der Waals surface area contributed by atoms with Crippen LogP contribution in [0.15, 0.2) is 47.5 Å². The zero-order chi connectivity index (χ0) is 20.5. The van der Waals surface area contributed by atoms with E-state index in [1.54, 1.807) is 11.8 Å². The van der Waals surface area contributed by atoms with E-state index in [1.807, 2.05) is 30.3 Å². The van der Waals surface area contributed by atoms with Gasteiger partial charge in [0.15, 0.2) is 5.17 Å². The summed E-state index contributed by atoms with van der Waals surface area (Å²) >= 11 is 1.67. The Morgan fingerprint density at radius 2 is 1.61 bits per heavy atom. The highest BCUT2D eigenvalue weighted by Gasteiger charge is 2.18. The summed E-state index contributed by atoms with van der Waals surface area (Å²) in [6, 6.07) is 14.3. The molecule has 4 heteroatoms. The van der Waals surface area contributed by atoms with E-state index in [2.05, 4.69) is 58.3 Å². The van der Waals surface area contributed by atoms with Gasteiger partial charge in [0.05, 0.1) is 0 Å². The molecule has 2 aromatic carbocycles. The molecule has 2 aromatic rings. The third kappa shape index (κ3) is 6.30. The zero-order valence-electron chi connectivity index (χ0n) is 18.1. The SMILES string of the molecule is CCCCN=C(Nc1c(C(C)C)cc(Oc2ccccc2)cc1C(C)C)SC. The van der Waals surface area contributed by atoms with Crippen molar-refractivity contribution in [3.05, 3.63) is 53.6 Å². The van der Waals surface area contributed by atoms with Gasteiger partial charge >= 0.3 is 0 Å². The first-order valence-electron chi connectivity index (χ1n) is 10.2. The van der Waals surface area contributed by atoms with E-state index < -0.39 is 0 Å². The smallest absolute Gasteiger partial charge is 0.160 e. The number of anilines is 1. The molecule has 0 saturated heterocycles. The normalized spacial score (nSPS) is 11.9. The standard InChI is InChI=1S/C24H34N2OS/c1-7-8-14-25-24(28-6)26-23-21(17(2)3)15-20(16-22(23)18(4)5)27-19-12-10-9-11-13-19/h9-13,15-18H,7-8,14H2,1-6H3,(H,25,26). The van der Waals surface area contributed by atoms with Gasteiger partial charge in [0.2, 0.25) is 0 Å². The molecular formula is C24H34N2OS. The lowest BCUT2D eigenvalue weighted by atomic mass is 9.92. The summed E-state index contributed by atoms with van der Waals surface area (Å²) in [4.78, 5) is 4.76. The molecule has 1 N–H and O–H groups in total. The highest BCUT2D eigenvalue weighted by atomic mass is 32.2. The number of hydrogen-bond acceptors (Lipinski definition) is 3. The molecule has 2 rings (SSSR count).